The summed E-state index contributed by atoms with van der Waals surface area (Å²) in [6.45, 7) is 1.02. The predicted molar refractivity (Wildman–Crippen MR) is 96.8 cm³/mol. The van der Waals surface area contributed by atoms with Gasteiger partial charge in [-0.2, -0.15) is 0 Å². The van der Waals surface area contributed by atoms with Crippen molar-refractivity contribution in [3.8, 4) is 5.75 Å². The van der Waals surface area contributed by atoms with Crippen LogP contribution in [-0.2, 0) is 24.7 Å². The van der Waals surface area contributed by atoms with Crippen molar-refractivity contribution in [2.75, 3.05) is 20.2 Å². The summed E-state index contributed by atoms with van der Waals surface area (Å²) in [5, 5.41) is 18.9. The Morgan fingerprint density at radius 3 is 2.92 bits per heavy atom. The standard InChI is InChI=1S/C19H26N4O3/c1-22-14-20-21-17(22)12-19(25)10-5-11-23(13-19)18(24)9-8-15-6-3-4-7-16(15)26-2/h3-4,6-7,14,25H,5,8-13H2,1-2H3. The highest BCUT2D eigenvalue weighted by molar-refractivity contribution is 5.76. The first kappa shape index (κ1) is 18.4. The summed E-state index contributed by atoms with van der Waals surface area (Å²) in [5.41, 5.74) is 0.0776. The normalized spacial score (nSPS) is 20.2. The summed E-state index contributed by atoms with van der Waals surface area (Å²) >= 11 is 0. The second-order valence-electron chi connectivity index (χ2n) is 6.99. The molecular weight excluding hydrogens is 332 g/mol. The number of hydrogen-bond donors (Lipinski definition) is 1. The molecule has 3 rings (SSSR count). The van der Waals surface area contributed by atoms with Gasteiger partial charge in [-0.1, -0.05) is 18.2 Å². The average Bonchev–Trinajstić information content (AvgIpc) is 3.04. The maximum absolute atomic E-state index is 12.7. The van der Waals surface area contributed by atoms with E-state index in [9.17, 15) is 9.90 Å². The van der Waals surface area contributed by atoms with E-state index < -0.39 is 5.60 Å². The molecule has 2 aromatic rings. The van der Waals surface area contributed by atoms with Crippen LogP contribution in [0.1, 0.15) is 30.7 Å². The third-order valence-corrected chi connectivity index (χ3v) is 5.00. The third kappa shape index (κ3) is 4.22. The summed E-state index contributed by atoms with van der Waals surface area (Å²) in [5.74, 6) is 1.60. The minimum absolute atomic E-state index is 0.0620. The van der Waals surface area contributed by atoms with Gasteiger partial charge in [0.2, 0.25) is 5.91 Å². The van der Waals surface area contributed by atoms with Crippen LogP contribution in [-0.4, -0.2) is 56.5 Å². The number of aryl methyl sites for hydroxylation is 2. The smallest absolute Gasteiger partial charge is 0.223 e. The SMILES string of the molecule is COc1ccccc1CCC(=O)N1CCCC(O)(Cc2nncn2C)C1. The van der Waals surface area contributed by atoms with Crippen molar-refractivity contribution < 1.29 is 14.6 Å². The highest BCUT2D eigenvalue weighted by Gasteiger charge is 2.36. The molecule has 140 valence electrons. The van der Waals surface area contributed by atoms with Crippen LogP contribution in [0.5, 0.6) is 5.75 Å². The van der Waals surface area contributed by atoms with Crippen LogP contribution in [0.3, 0.4) is 0 Å². The molecule has 1 amide bonds. The van der Waals surface area contributed by atoms with Gasteiger partial charge in [0, 0.05) is 33.0 Å². The van der Waals surface area contributed by atoms with Crippen LogP contribution in [0.4, 0.5) is 0 Å². The Hall–Kier alpha value is -2.41. The van der Waals surface area contributed by atoms with Crippen molar-refractivity contribution in [2.45, 2.75) is 37.7 Å². The maximum atomic E-state index is 12.7. The average molecular weight is 358 g/mol. The molecule has 0 spiro atoms. The number of ether oxygens (including phenoxy) is 1. The first-order chi connectivity index (χ1) is 12.5. The van der Waals surface area contributed by atoms with Gasteiger partial charge in [0.1, 0.15) is 17.9 Å². The highest BCUT2D eigenvalue weighted by atomic mass is 16.5. The molecule has 1 fully saturated rings. The summed E-state index contributed by atoms with van der Waals surface area (Å²) in [6.07, 6.45) is 4.50. The van der Waals surface area contributed by atoms with Gasteiger partial charge in [-0.3, -0.25) is 4.79 Å². The lowest BCUT2D eigenvalue weighted by Gasteiger charge is -2.39. The Bertz CT molecular complexity index is 761. The number of carbonyl (C=O) groups is 1. The minimum Gasteiger partial charge on any atom is -0.496 e. The Balaban J connectivity index is 1.60. The molecule has 7 heteroatoms. The molecule has 1 aliphatic rings. The van der Waals surface area contributed by atoms with Gasteiger partial charge in [0.25, 0.3) is 0 Å². The fraction of sp³-hybridized carbons (Fsp3) is 0.526. The number of carbonyl (C=O) groups excluding carboxylic acids is 1. The first-order valence-corrected chi connectivity index (χ1v) is 8.96. The van der Waals surface area contributed by atoms with E-state index >= 15 is 0 Å². The lowest BCUT2D eigenvalue weighted by atomic mass is 9.89. The van der Waals surface area contributed by atoms with Gasteiger partial charge >= 0.3 is 0 Å². The predicted octanol–water partition coefficient (Wildman–Crippen LogP) is 1.35. The molecule has 1 aromatic carbocycles. The van der Waals surface area contributed by atoms with Crippen molar-refractivity contribution in [3.63, 3.8) is 0 Å². The molecule has 1 aromatic heterocycles. The molecule has 0 bridgehead atoms. The van der Waals surface area contributed by atoms with E-state index in [1.54, 1.807) is 22.9 Å². The molecule has 0 aliphatic carbocycles. The lowest BCUT2D eigenvalue weighted by molar-refractivity contribution is -0.138. The van der Waals surface area contributed by atoms with Gasteiger partial charge in [-0.15, -0.1) is 10.2 Å². The van der Waals surface area contributed by atoms with E-state index in [1.807, 2.05) is 31.3 Å². The molecule has 1 aliphatic heterocycles. The van der Waals surface area contributed by atoms with E-state index in [0.29, 0.717) is 38.8 Å². The fourth-order valence-corrected chi connectivity index (χ4v) is 3.54. The Labute approximate surface area is 153 Å². The number of amides is 1. The summed E-state index contributed by atoms with van der Waals surface area (Å²) in [6, 6.07) is 7.75. The zero-order valence-corrected chi connectivity index (χ0v) is 15.4. The number of benzene rings is 1. The quantitative estimate of drug-likeness (QED) is 0.843. The van der Waals surface area contributed by atoms with Crippen LogP contribution in [0, 0.1) is 0 Å². The topological polar surface area (TPSA) is 80.5 Å². The molecule has 1 unspecified atom stereocenters. The van der Waals surface area contributed by atoms with E-state index in [4.69, 9.17) is 4.74 Å². The van der Waals surface area contributed by atoms with Crippen LogP contribution < -0.4 is 4.74 Å². The zero-order chi connectivity index (χ0) is 18.6. The van der Waals surface area contributed by atoms with Crippen molar-refractivity contribution in [1.29, 1.82) is 0 Å². The zero-order valence-electron chi connectivity index (χ0n) is 15.4. The highest BCUT2D eigenvalue weighted by Crippen LogP contribution is 2.26. The van der Waals surface area contributed by atoms with E-state index in [1.165, 1.54) is 0 Å². The molecule has 1 N–H and O–H groups in total. The van der Waals surface area contributed by atoms with Crippen LogP contribution in [0.15, 0.2) is 30.6 Å². The fourth-order valence-electron chi connectivity index (χ4n) is 3.54. The second-order valence-corrected chi connectivity index (χ2v) is 6.99. The van der Waals surface area contributed by atoms with Crippen LogP contribution >= 0.6 is 0 Å². The lowest BCUT2D eigenvalue weighted by Crippen LogP contribution is -2.51. The molecule has 1 atom stereocenters. The van der Waals surface area contributed by atoms with Crippen molar-refractivity contribution in [1.82, 2.24) is 19.7 Å². The third-order valence-electron chi connectivity index (χ3n) is 5.00. The van der Waals surface area contributed by atoms with E-state index in [0.717, 1.165) is 23.6 Å². The number of likely N-dealkylation sites (tertiary alicyclic amines) is 1. The van der Waals surface area contributed by atoms with Gasteiger partial charge in [-0.05, 0) is 30.9 Å². The van der Waals surface area contributed by atoms with Crippen LogP contribution in [0.2, 0.25) is 0 Å². The number of β-amino-alcohol motifs (C(OH)–C–C–N with tert-alkyl or cyclic N) is 1. The van der Waals surface area contributed by atoms with Crippen molar-refractivity contribution in [3.05, 3.63) is 42.0 Å². The maximum Gasteiger partial charge on any atom is 0.223 e. The second kappa shape index (κ2) is 7.86. The largest absolute Gasteiger partial charge is 0.496 e. The number of rotatable bonds is 6. The Kier molecular flexibility index (Phi) is 5.56. The Morgan fingerprint density at radius 2 is 2.19 bits per heavy atom. The number of piperidine rings is 1. The number of methoxy groups -OCH3 is 1. The number of aliphatic hydroxyl groups is 1. The molecular formula is C19H26N4O3. The molecule has 7 nitrogen and oxygen atoms in total. The van der Waals surface area contributed by atoms with Gasteiger partial charge in [0.05, 0.1) is 12.7 Å². The van der Waals surface area contributed by atoms with E-state index in [-0.39, 0.29) is 5.91 Å². The van der Waals surface area contributed by atoms with Gasteiger partial charge < -0.3 is 19.3 Å². The first-order valence-electron chi connectivity index (χ1n) is 8.96. The van der Waals surface area contributed by atoms with Crippen LogP contribution in [0.25, 0.3) is 0 Å². The van der Waals surface area contributed by atoms with Gasteiger partial charge in [-0.25, -0.2) is 0 Å². The number of nitrogens with zero attached hydrogens (tertiary/aromatic N) is 4. The molecule has 0 saturated carbocycles. The molecule has 0 radical (unpaired) electrons. The molecule has 1 saturated heterocycles. The van der Waals surface area contributed by atoms with E-state index in [2.05, 4.69) is 10.2 Å². The monoisotopic (exact) mass is 358 g/mol. The minimum atomic E-state index is -0.945. The van der Waals surface area contributed by atoms with Crippen molar-refractivity contribution >= 4 is 5.91 Å². The molecule has 2 heterocycles. The summed E-state index contributed by atoms with van der Waals surface area (Å²) in [7, 11) is 3.50. The summed E-state index contributed by atoms with van der Waals surface area (Å²) in [4.78, 5) is 14.4. The number of para-hydroxylation sites is 1. The number of hydrogen-bond acceptors (Lipinski definition) is 5. The van der Waals surface area contributed by atoms with Gasteiger partial charge in [0.15, 0.2) is 0 Å². The molecule has 26 heavy (non-hydrogen) atoms. The number of aromatic nitrogens is 3. The Morgan fingerprint density at radius 1 is 1.38 bits per heavy atom. The summed E-state index contributed by atoms with van der Waals surface area (Å²) < 4.78 is 7.15. The van der Waals surface area contributed by atoms with Crippen molar-refractivity contribution in [2.24, 2.45) is 7.05 Å².